The number of aromatic nitrogens is 2. The molecule has 0 radical (unpaired) electrons. The molecule has 0 unspecified atom stereocenters. The molecule has 2 rings (SSSR count). The highest BCUT2D eigenvalue weighted by Gasteiger charge is 2.24. The zero-order valence-corrected chi connectivity index (χ0v) is 14.6. The van der Waals surface area contributed by atoms with E-state index in [1.165, 1.54) is 16.4 Å². The van der Waals surface area contributed by atoms with E-state index in [9.17, 15) is 14.7 Å². The number of amides is 1. The third-order valence-electron chi connectivity index (χ3n) is 3.83. The van der Waals surface area contributed by atoms with Gasteiger partial charge in [-0.15, -0.1) is 0 Å². The van der Waals surface area contributed by atoms with Crippen LogP contribution in [0.25, 0.3) is 5.69 Å². The molecule has 1 aromatic heterocycles. The Morgan fingerprint density at radius 2 is 1.88 bits per heavy atom. The van der Waals surface area contributed by atoms with Crippen LogP contribution in [0.4, 0.5) is 0 Å². The Labute approximate surface area is 146 Å². The quantitative estimate of drug-likeness (QED) is 0.804. The third-order valence-corrected chi connectivity index (χ3v) is 3.83. The monoisotopic (exact) mass is 345 g/mol. The lowest BCUT2D eigenvalue weighted by molar-refractivity contribution is -0.137. The summed E-state index contributed by atoms with van der Waals surface area (Å²) in [5.41, 5.74) is 1.73. The molecule has 0 aliphatic heterocycles. The molecular weight excluding hydrogens is 322 g/mol. The van der Waals surface area contributed by atoms with Crippen LogP contribution in [0, 0.1) is 0 Å². The Morgan fingerprint density at radius 3 is 2.40 bits per heavy atom. The predicted molar refractivity (Wildman–Crippen MR) is 93.1 cm³/mol. The fourth-order valence-corrected chi connectivity index (χ4v) is 2.50. The molecule has 0 saturated heterocycles. The van der Waals surface area contributed by atoms with Gasteiger partial charge in [-0.3, -0.25) is 9.59 Å². The highest BCUT2D eigenvalue weighted by atomic mass is 16.4. The minimum atomic E-state index is -1.11. The molecule has 0 atom stereocenters. The van der Waals surface area contributed by atoms with Crippen LogP contribution in [0.15, 0.2) is 30.5 Å². The predicted octanol–water partition coefficient (Wildman–Crippen LogP) is 2.64. The molecule has 0 saturated carbocycles. The minimum Gasteiger partial charge on any atom is -0.504 e. The molecule has 0 bridgehead atoms. The van der Waals surface area contributed by atoms with E-state index in [0.29, 0.717) is 18.0 Å². The van der Waals surface area contributed by atoms with Gasteiger partial charge >= 0.3 is 5.97 Å². The van der Waals surface area contributed by atoms with Crippen LogP contribution >= 0.6 is 0 Å². The number of hydrogen-bond donors (Lipinski definition) is 2. The molecule has 2 N–H and O–H groups in total. The molecule has 7 nitrogen and oxygen atoms in total. The normalized spacial score (nSPS) is 10.9. The van der Waals surface area contributed by atoms with Crippen LogP contribution in [-0.4, -0.2) is 49.9 Å². The van der Waals surface area contributed by atoms with E-state index in [2.05, 4.69) is 18.9 Å². The molecule has 1 heterocycles. The van der Waals surface area contributed by atoms with Crippen molar-refractivity contribution in [2.24, 2.45) is 0 Å². The molecule has 7 heteroatoms. The molecule has 2 aromatic rings. The van der Waals surface area contributed by atoms with Gasteiger partial charge in [0.15, 0.2) is 11.4 Å². The van der Waals surface area contributed by atoms with Gasteiger partial charge in [0.1, 0.15) is 6.54 Å². The van der Waals surface area contributed by atoms with Gasteiger partial charge in [0.25, 0.3) is 5.91 Å². The van der Waals surface area contributed by atoms with Crippen molar-refractivity contribution in [2.75, 3.05) is 13.1 Å². The van der Waals surface area contributed by atoms with Crippen molar-refractivity contribution >= 4 is 11.9 Å². The van der Waals surface area contributed by atoms with Crippen LogP contribution in [0.1, 0.15) is 49.2 Å². The van der Waals surface area contributed by atoms with Gasteiger partial charge in [-0.05, 0) is 30.0 Å². The second kappa shape index (κ2) is 7.83. The highest BCUT2D eigenvalue weighted by Crippen LogP contribution is 2.22. The lowest BCUT2D eigenvalue weighted by atomic mass is 10.0. The summed E-state index contributed by atoms with van der Waals surface area (Å²) < 4.78 is 1.41. The maximum Gasteiger partial charge on any atom is 0.323 e. The summed E-state index contributed by atoms with van der Waals surface area (Å²) in [6, 6.07) is 7.65. The molecule has 0 aliphatic carbocycles. The summed E-state index contributed by atoms with van der Waals surface area (Å²) >= 11 is 0. The Kier molecular flexibility index (Phi) is 5.80. The second-order valence-corrected chi connectivity index (χ2v) is 6.17. The first kappa shape index (κ1) is 18.5. The summed E-state index contributed by atoms with van der Waals surface area (Å²) in [7, 11) is 0. The topological polar surface area (TPSA) is 95.7 Å². The van der Waals surface area contributed by atoms with E-state index >= 15 is 0 Å². The van der Waals surface area contributed by atoms with Crippen molar-refractivity contribution in [1.29, 1.82) is 0 Å². The van der Waals surface area contributed by atoms with E-state index in [1.54, 1.807) is 0 Å². The maximum atomic E-state index is 12.5. The lowest BCUT2D eigenvalue weighted by Crippen LogP contribution is -2.36. The van der Waals surface area contributed by atoms with Crippen LogP contribution < -0.4 is 0 Å². The van der Waals surface area contributed by atoms with Gasteiger partial charge in [-0.25, -0.2) is 4.68 Å². The van der Waals surface area contributed by atoms with Gasteiger partial charge in [-0.2, -0.15) is 5.10 Å². The summed E-state index contributed by atoms with van der Waals surface area (Å²) in [4.78, 5) is 24.6. The van der Waals surface area contributed by atoms with Crippen molar-refractivity contribution in [3.05, 3.63) is 41.7 Å². The summed E-state index contributed by atoms with van der Waals surface area (Å²) in [5.74, 6) is -1.58. The Bertz CT molecular complexity index is 750. The molecule has 1 amide bonds. The van der Waals surface area contributed by atoms with Gasteiger partial charge in [-0.1, -0.05) is 32.9 Å². The molecule has 0 spiro atoms. The second-order valence-electron chi connectivity index (χ2n) is 6.17. The van der Waals surface area contributed by atoms with E-state index in [1.807, 2.05) is 31.2 Å². The Balaban J connectivity index is 2.29. The number of carboxylic acid groups (broad SMARTS) is 1. The summed E-state index contributed by atoms with van der Waals surface area (Å²) in [6.45, 7) is 5.88. The van der Waals surface area contributed by atoms with E-state index in [4.69, 9.17) is 5.11 Å². The molecule has 0 fully saturated rings. The SMILES string of the molecule is CCCN(CC(=O)O)C(=O)c1nn(-c2ccc(C(C)C)cc2)cc1O. The number of benzene rings is 1. The zero-order valence-electron chi connectivity index (χ0n) is 14.6. The average Bonchev–Trinajstić information content (AvgIpc) is 2.95. The molecule has 134 valence electrons. The standard InChI is InChI=1S/C18H23N3O4/c1-4-9-20(11-16(23)24)18(25)17-15(22)10-21(19-17)14-7-5-13(6-8-14)12(2)3/h5-8,10,12,22H,4,9,11H2,1-3H3,(H,23,24). The summed E-state index contributed by atoms with van der Waals surface area (Å²) in [5, 5.41) is 23.2. The Hall–Kier alpha value is -2.83. The van der Waals surface area contributed by atoms with Crippen molar-refractivity contribution in [2.45, 2.75) is 33.1 Å². The third kappa shape index (κ3) is 4.37. The fraction of sp³-hybridized carbons (Fsp3) is 0.389. The van der Waals surface area contributed by atoms with Gasteiger partial charge in [0.05, 0.1) is 11.9 Å². The van der Waals surface area contributed by atoms with Crippen molar-refractivity contribution in [3.63, 3.8) is 0 Å². The highest BCUT2D eigenvalue weighted by molar-refractivity contribution is 5.96. The number of aromatic hydroxyl groups is 1. The van der Waals surface area contributed by atoms with Gasteiger partial charge in [0.2, 0.25) is 0 Å². The molecular formula is C18H23N3O4. The number of nitrogens with zero attached hydrogens (tertiary/aromatic N) is 3. The molecule has 1 aromatic carbocycles. The largest absolute Gasteiger partial charge is 0.504 e. The number of carboxylic acids is 1. The summed E-state index contributed by atoms with van der Waals surface area (Å²) in [6.07, 6.45) is 1.96. The average molecular weight is 345 g/mol. The zero-order chi connectivity index (χ0) is 18.6. The van der Waals surface area contributed by atoms with Crippen LogP contribution in [0.2, 0.25) is 0 Å². The van der Waals surface area contributed by atoms with Crippen molar-refractivity contribution < 1.29 is 19.8 Å². The molecule has 0 aliphatic rings. The molecule has 25 heavy (non-hydrogen) atoms. The van der Waals surface area contributed by atoms with Crippen LogP contribution in [0.3, 0.4) is 0 Å². The van der Waals surface area contributed by atoms with Crippen LogP contribution in [0.5, 0.6) is 5.75 Å². The number of aliphatic carboxylic acids is 1. The van der Waals surface area contributed by atoms with Crippen molar-refractivity contribution in [1.82, 2.24) is 14.7 Å². The number of carbonyl (C=O) groups is 2. The first-order chi connectivity index (χ1) is 11.8. The van der Waals surface area contributed by atoms with Gasteiger partial charge < -0.3 is 15.1 Å². The number of rotatable bonds is 7. The van der Waals surface area contributed by atoms with E-state index in [-0.39, 0.29) is 18.0 Å². The first-order valence-electron chi connectivity index (χ1n) is 8.23. The van der Waals surface area contributed by atoms with E-state index in [0.717, 1.165) is 4.90 Å². The maximum absolute atomic E-state index is 12.5. The number of carbonyl (C=O) groups excluding carboxylic acids is 1. The number of hydrogen-bond acceptors (Lipinski definition) is 4. The minimum absolute atomic E-state index is 0.150. The first-order valence-corrected chi connectivity index (χ1v) is 8.23. The Morgan fingerprint density at radius 1 is 1.24 bits per heavy atom. The fourth-order valence-electron chi connectivity index (χ4n) is 2.50. The smallest absolute Gasteiger partial charge is 0.323 e. The van der Waals surface area contributed by atoms with Gasteiger partial charge in [0, 0.05) is 6.54 Å². The van der Waals surface area contributed by atoms with Crippen LogP contribution in [-0.2, 0) is 4.79 Å². The lowest BCUT2D eigenvalue weighted by Gasteiger charge is -2.18. The van der Waals surface area contributed by atoms with Crippen molar-refractivity contribution in [3.8, 4) is 11.4 Å². The van der Waals surface area contributed by atoms with E-state index < -0.39 is 18.4 Å².